The maximum absolute atomic E-state index is 13.6. The lowest BCUT2D eigenvalue weighted by Crippen LogP contribution is -2.39. The summed E-state index contributed by atoms with van der Waals surface area (Å²) in [6, 6.07) is 9.60. The lowest BCUT2D eigenvalue weighted by molar-refractivity contribution is -0.384. The summed E-state index contributed by atoms with van der Waals surface area (Å²) in [5, 5.41) is 10.9. The van der Waals surface area contributed by atoms with Crippen molar-refractivity contribution in [3.05, 3.63) is 94.7 Å². The van der Waals surface area contributed by atoms with Crippen LogP contribution in [-0.2, 0) is 14.3 Å². The van der Waals surface area contributed by atoms with Gasteiger partial charge >= 0.3 is 11.9 Å². The molecule has 4 rings (SSSR count). The molecular weight excluding hydrogens is 502 g/mol. The van der Waals surface area contributed by atoms with Crippen molar-refractivity contribution < 1.29 is 28.7 Å². The Bertz CT molecular complexity index is 1630. The van der Waals surface area contributed by atoms with Gasteiger partial charge in [0.15, 0.2) is 16.3 Å². The summed E-state index contributed by atoms with van der Waals surface area (Å²) in [4.78, 5) is 53.2. The highest BCUT2D eigenvalue weighted by atomic mass is 32.1. The molecule has 0 radical (unpaired) electrons. The van der Waals surface area contributed by atoms with Crippen molar-refractivity contribution in [1.29, 1.82) is 0 Å². The minimum Gasteiger partial charge on any atom is -0.493 e. The minimum absolute atomic E-state index is 0.0666. The van der Waals surface area contributed by atoms with Gasteiger partial charge in [-0.3, -0.25) is 24.3 Å². The molecule has 1 aliphatic rings. The van der Waals surface area contributed by atoms with E-state index in [9.17, 15) is 24.5 Å². The Balaban J connectivity index is 1.92. The number of hydrogen-bond donors (Lipinski definition) is 0. The lowest BCUT2D eigenvalue weighted by atomic mass is 9.95. The van der Waals surface area contributed by atoms with Gasteiger partial charge in [0.25, 0.3) is 11.2 Å². The summed E-state index contributed by atoms with van der Waals surface area (Å²) in [6.45, 7) is 2.91. The standard InChI is InChI=1S/C25H21N3O8S/c1-13-21(24(31)35-4)22(16-7-10-18(36-14(2)29)19(12-16)34-3)27-23(30)20(37-25(27)26-13)11-15-5-8-17(9-6-15)28(32)33/h5-12,22H,1-4H3/b20-11+/t22-/m1/s1. The number of carbonyl (C=O) groups is 2. The molecule has 190 valence electrons. The average Bonchev–Trinajstić information content (AvgIpc) is 3.17. The van der Waals surface area contributed by atoms with Crippen LogP contribution in [0, 0.1) is 10.1 Å². The van der Waals surface area contributed by atoms with E-state index in [-0.39, 0.29) is 22.8 Å². The van der Waals surface area contributed by atoms with Crippen LogP contribution in [0.15, 0.2) is 63.5 Å². The van der Waals surface area contributed by atoms with Gasteiger partial charge in [-0.15, -0.1) is 0 Å². The monoisotopic (exact) mass is 523 g/mol. The summed E-state index contributed by atoms with van der Waals surface area (Å²) in [5.41, 5.74) is 1.16. The van der Waals surface area contributed by atoms with Crippen molar-refractivity contribution in [1.82, 2.24) is 4.57 Å². The fourth-order valence-electron chi connectivity index (χ4n) is 3.95. The van der Waals surface area contributed by atoms with Crippen molar-refractivity contribution in [3.8, 4) is 11.5 Å². The smallest absolute Gasteiger partial charge is 0.338 e. The predicted molar refractivity (Wildman–Crippen MR) is 133 cm³/mol. The maximum Gasteiger partial charge on any atom is 0.338 e. The molecule has 0 saturated carbocycles. The number of thiazole rings is 1. The van der Waals surface area contributed by atoms with Crippen molar-refractivity contribution in [2.75, 3.05) is 14.2 Å². The van der Waals surface area contributed by atoms with E-state index in [0.717, 1.165) is 11.3 Å². The first-order valence-corrected chi connectivity index (χ1v) is 11.7. The van der Waals surface area contributed by atoms with Gasteiger partial charge in [-0.2, -0.15) is 0 Å². The molecule has 12 heteroatoms. The topological polar surface area (TPSA) is 139 Å². The number of fused-ring (bicyclic) bond motifs is 1. The van der Waals surface area contributed by atoms with Crippen LogP contribution >= 0.6 is 11.3 Å². The predicted octanol–water partition coefficient (Wildman–Crippen LogP) is 2.25. The fraction of sp³-hybridized carbons (Fsp3) is 0.200. The van der Waals surface area contributed by atoms with E-state index in [4.69, 9.17) is 14.2 Å². The van der Waals surface area contributed by atoms with Gasteiger partial charge in [0.05, 0.1) is 41.0 Å². The first-order valence-electron chi connectivity index (χ1n) is 10.9. The highest BCUT2D eigenvalue weighted by Gasteiger charge is 2.33. The summed E-state index contributed by atoms with van der Waals surface area (Å²) in [5.74, 6) is -0.764. The zero-order valence-electron chi connectivity index (χ0n) is 20.2. The number of rotatable bonds is 6. The Hall–Kier alpha value is -4.58. The molecule has 1 aliphatic heterocycles. The van der Waals surface area contributed by atoms with Gasteiger partial charge in [0.2, 0.25) is 0 Å². The van der Waals surface area contributed by atoms with E-state index in [1.165, 1.54) is 56.0 Å². The van der Waals surface area contributed by atoms with Gasteiger partial charge in [0, 0.05) is 19.1 Å². The van der Waals surface area contributed by atoms with Crippen molar-refractivity contribution in [2.45, 2.75) is 19.9 Å². The Labute approximate surface area is 213 Å². The zero-order chi connectivity index (χ0) is 26.9. The van der Waals surface area contributed by atoms with Gasteiger partial charge in [-0.25, -0.2) is 9.79 Å². The van der Waals surface area contributed by atoms with Gasteiger partial charge in [-0.1, -0.05) is 17.4 Å². The SMILES string of the molecule is COC(=O)C1=C(C)N=c2s/c(=C/c3ccc([N+](=O)[O-])cc3)c(=O)n2[C@@H]1c1ccc(OC(C)=O)c(OC)c1. The number of nitro benzene ring substituents is 1. The third-order valence-electron chi connectivity index (χ3n) is 5.59. The molecular formula is C25H21N3O8S. The molecule has 2 aromatic carbocycles. The van der Waals surface area contributed by atoms with Crippen LogP contribution in [0.2, 0.25) is 0 Å². The summed E-state index contributed by atoms with van der Waals surface area (Å²) in [6.07, 6.45) is 1.60. The van der Waals surface area contributed by atoms with Crippen LogP contribution in [0.1, 0.15) is 31.0 Å². The molecule has 0 bridgehead atoms. The normalized spacial score (nSPS) is 15.0. The van der Waals surface area contributed by atoms with Gasteiger partial charge in [-0.05, 0) is 48.4 Å². The first kappa shape index (κ1) is 25.5. The second kappa shape index (κ2) is 10.2. The minimum atomic E-state index is -0.900. The van der Waals surface area contributed by atoms with E-state index in [0.29, 0.717) is 26.2 Å². The maximum atomic E-state index is 13.6. The lowest BCUT2D eigenvalue weighted by Gasteiger charge is -2.25. The molecule has 3 aromatic rings. The number of aromatic nitrogens is 1. The van der Waals surface area contributed by atoms with E-state index >= 15 is 0 Å². The van der Waals surface area contributed by atoms with Crippen LogP contribution in [0.5, 0.6) is 11.5 Å². The third kappa shape index (κ3) is 4.91. The molecule has 0 spiro atoms. The van der Waals surface area contributed by atoms with Crippen LogP contribution in [-0.4, -0.2) is 35.6 Å². The number of methoxy groups -OCH3 is 2. The van der Waals surface area contributed by atoms with Crippen LogP contribution in [0.3, 0.4) is 0 Å². The highest BCUT2D eigenvalue weighted by molar-refractivity contribution is 7.07. The molecule has 1 atom stereocenters. The Morgan fingerprint density at radius 1 is 1.14 bits per heavy atom. The summed E-state index contributed by atoms with van der Waals surface area (Å²) >= 11 is 1.12. The van der Waals surface area contributed by atoms with E-state index in [2.05, 4.69) is 4.99 Å². The Kier molecular flexibility index (Phi) is 7.02. The van der Waals surface area contributed by atoms with Crippen LogP contribution < -0.4 is 24.4 Å². The Morgan fingerprint density at radius 2 is 1.84 bits per heavy atom. The van der Waals surface area contributed by atoms with E-state index in [1.54, 1.807) is 25.1 Å². The van der Waals surface area contributed by atoms with Crippen LogP contribution in [0.25, 0.3) is 6.08 Å². The van der Waals surface area contributed by atoms with Gasteiger partial charge in [0.1, 0.15) is 0 Å². The second-order valence-corrected chi connectivity index (χ2v) is 8.94. The molecule has 37 heavy (non-hydrogen) atoms. The number of nitrogens with zero attached hydrogens (tertiary/aromatic N) is 3. The largest absolute Gasteiger partial charge is 0.493 e. The highest BCUT2D eigenvalue weighted by Crippen LogP contribution is 2.36. The molecule has 0 aliphatic carbocycles. The number of allylic oxidation sites excluding steroid dienone is 1. The quantitative estimate of drug-likeness (QED) is 0.207. The summed E-state index contributed by atoms with van der Waals surface area (Å²) < 4.78 is 17.3. The van der Waals surface area contributed by atoms with Crippen molar-refractivity contribution in [2.24, 2.45) is 4.99 Å². The van der Waals surface area contributed by atoms with E-state index < -0.39 is 28.5 Å². The number of non-ortho nitro benzene ring substituents is 1. The van der Waals surface area contributed by atoms with Gasteiger partial charge < -0.3 is 14.2 Å². The van der Waals surface area contributed by atoms with Crippen molar-refractivity contribution in [3.63, 3.8) is 0 Å². The number of benzene rings is 2. The van der Waals surface area contributed by atoms with Crippen molar-refractivity contribution >= 4 is 35.0 Å². The number of ether oxygens (including phenoxy) is 3. The number of hydrogen-bond acceptors (Lipinski definition) is 10. The molecule has 0 amide bonds. The molecule has 1 aromatic heterocycles. The molecule has 0 fully saturated rings. The average molecular weight is 524 g/mol. The second-order valence-electron chi connectivity index (χ2n) is 7.93. The molecule has 0 N–H and O–H groups in total. The first-order chi connectivity index (χ1) is 17.6. The number of esters is 2. The molecule has 11 nitrogen and oxygen atoms in total. The van der Waals surface area contributed by atoms with Crippen LogP contribution in [0.4, 0.5) is 5.69 Å². The zero-order valence-corrected chi connectivity index (χ0v) is 21.0. The number of nitro groups is 1. The number of carbonyl (C=O) groups excluding carboxylic acids is 2. The van der Waals surface area contributed by atoms with E-state index in [1.807, 2.05) is 0 Å². The molecule has 2 heterocycles. The molecule has 0 unspecified atom stereocenters. The fourth-order valence-corrected chi connectivity index (χ4v) is 4.99. The summed E-state index contributed by atoms with van der Waals surface area (Å²) in [7, 11) is 2.65. The molecule has 0 saturated heterocycles. The third-order valence-corrected chi connectivity index (χ3v) is 6.57. The Morgan fingerprint density at radius 3 is 2.43 bits per heavy atom.